The average molecular weight is 360 g/mol. The fourth-order valence-corrected chi connectivity index (χ4v) is 3.46. The number of nitrogens with zero attached hydrogens (tertiary/aromatic N) is 2. The summed E-state index contributed by atoms with van der Waals surface area (Å²) < 4.78 is 5.61. The summed E-state index contributed by atoms with van der Waals surface area (Å²) in [5.41, 5.74) is 2.60. The largest absolute Gasteiger partial charge is 0.442 e. The van der Waals surface area contributed by atoms with Crippen molar-refractivity contribution >= 4 is 34.8 Å². The van der Waals surface area contributed by atoms with E-state index in [1.54, 1.807) is 18.2 Å². The van der Waals surface area contributed by atoms with Gasteiger partial charge in [0.15, 0.2) is 0 Å². The number of hydrogen-bond acceptors (Lipinski definition) is 4. The predicted octanol–water partition coefficient (Wildman–Crippen LogP) is 4.70. The van der Waals surface area contributed by atoms with Gasteiger partial charge in [-0.2, -0.15) is 5.26 Å². The summed E-state index contributed by atoms with van der Waals surface area (Å²) in [6, 6.07) is 13.2. The Bertz CT molecular complexity index is 838. The molecule has 2 aromatic carbocycles. The molecule has 24 heavy (non-hydrogen) atoms. The molecule has 122 valence electrons. The van der Waals surface area contributed by atoms with Crippen LogP contribution in [0, 0.1) is 22.7 Å². The van der Waals surface area contributed by atoms with E-state index < -0.39 is 5.92 Å². The van der Waals surface area contributed by atoms with Gasteiger partial charge >= 0.3 is 0 Å². The van der Waals surface area contributed by atoms with Crippen molar-refractivity contribution in [2.45, 2.75) is 5.92 Å². The first kappa shape index (κ1) is 16.6. The lowest BCUT2D eigenvalue weighted by atomic mass is 9.79. The number of nitriles is 1. The third-order valence-electron chi connectivity index (χ3n) is 4.07. The lowest BCUT2D eigenvalue weighted by Crippen LogP contribution is -2.31. The molecule has 1 aliphatic rings. The quantitative estimate of drug-likeness (QED) is 0.844. The zero-order valence-corrected chi connectivity index (χ0v) is 14.7. The number of rotatable bonds is 2. The molecule has 0 saturated heterocycles. The van der Waals surface area contributed by atoms with E-state index in [-0.39, 0.29) is 11.8 Å². The summed E-state index contributed by atoms with van der Waals surface area (Å²) in [6.45, 7) is 0. The van der Waals surface area contributed by atoms with Crippen LogP contribution in [0.15, 0.2) is 36.4 Å². The van der Waals surface area contributed by atoms with Crippen molar-refractivity contribution in [3.05, 3.63) is 57.6 Å². The lowest BCUT2D eigenvalue weighted by molar-refractivity contribution is 0.450. The molecule has 0 bridgehead atoms. The minimum absolute atomic E-state index is 0.0676. The highest BCUT2D eigenvalue weighted by molar-refractivity contribution is 6.34. The number of hydrogen-bond donors (Lipinski definition) is 1. The minimum atomic E-state index is -0.725. The topological polar surface area (TPSA) is 60.1 Å². The normalized spacial score (nSPS) is 19.2. The van der Waals surface area contributed by atoms with Crippen molar-refractivity contribution in [3.8, 4) is 11.8 Å². The van der Waals surface area contributed by atoms with E-state index in [9.17, 15) is 5.26 Å². The first-order chi connectivity index (χ1) is 11.4. The Morgan fingerprint density at radius 2 is 1.79 bits per heavy atom. The van der Waals surface area contributed by atoms with Gasteiger partial charge in [0, 0.05) is 47.4 Å². The van der Waals surface area contributed by atoms with Gasteiger partial charge in [0.1, 0.15) is 11.7 Å². The molecular weight excluding hydrogens is 345 g/mol. The summed E-state index contributed by atoms with van der Waals surface area (Å²) in [5, 5.41) is 18.7. The zero-order valence-electron chi connectivity index (χ0n) is 13.2. The van der Waals surface area contributed by atoms with E-state index in [2.05, 4.69) is 6.07 Å². The smallest absolute Gasteiger partial charge is 0.205 e. The van der Waals surface area contributed by atoms with Gasteiger partial charge in [-0.3, -0.25) is 5.41 Å². The summed E-state index contributed by atoms with van der Waals surface area (Å²) in [4.78, 5) is 1.95. The van der Waals surface area contributed by atoms with E-state index in [1.165, 1.54) is 0 Å². The third-order valence-corrected chi connectivity index (χ3v) is 4.50. The Kier molecular flexibility index (Phi) is 4.40. The van der Waals surface area contributed by atoms with Crippen LogP contribution in [0.1, 0.15) is 17.0 Å². The zero-order chi connectivity index (χ0) is 17.4. The van der Waals surface area contributed by atoms with Gasteiger partial charge in [0.05, 0.1) is 6.07 Å². The molecule has 4 nitrogen and oxygen atoms in total. The van der Waals surface area contributed by atoms with E-state index in [0.29, 0.717) is 15.8 Å². The van der Waals surface area contributed by atoms with Gasteiger partial charge in [-0.05, 0) is 29.8 Å². The van der Waals surface area contributed by atoms with Gasteiger partial charge in [0.2, 0.25) is 5.90 Å². The first-order valence-electron chi connectivity index (χ1n) is 7.34. The third kappa shape index (κ3) is 2.93. The standard InChI is InChI=1S/C18H15Cl2N3O/c1-23(2)13-3-4-14-16(8-13)24-18(22)15(9-21)17(14)10-5-11(19)7-12(20)6-10/h3-8,15,17,22H,1-2H3. The summed E-state index contributed by atoms with van der Waals surface area (Å²) >= 11 is 12.3. The molecule has 1 heterocycles. The highest BCUT2D eigenvalue weighted by atomic mass is 35.5. The second kappa shape index (κ2) is 6.35. The second-order valence-corrected chi connectivity index (χ2v) is 6.74. The van der Waals surface area contributed by atoms with Crippen LogP contribution in [-0.2, 0) is 0 Å². The number of benzene rings is 2. The summed E-state index contributed by atoms with van der Waals surface area (Å²) in [5.74, 6) is -0.559. The van der Waals surface area contributed by atoms with Gasteiger partial charge in [-0.25, -0.2) is 0 Å². The molecule has 0 spiro atoms. The molecule has 0 fully saturated rings. The number of fused-ring (bicyclic) bond motifs is 1. The SMILES string of the molecule is CN(C)c1ccc2c(c1)OC(=N)C(C#N)C2c1cc(Cl)cc(Cl)c1. The van der Waals surface area contributed by atoms with Gasteiger partial charge in [-0.15, -0.1) is 0 Å². The number of halogens is 2. The number of ether oxygens (including phenoxy) is 1. The molecule has 6 heteroatoms. The van der Waals surface area contributed by atoms with E-state index >= 15 is 0 Å². The summed E-state index contributed by atoms with van der Waals surface area (Å²) in [7, 11) is 3.87. The molecule has 0 aromatic heterocycles. The van der Waals surface area contributed by atoms with E-state index in [1.807, 2.05) is 37.2 Å². The molecule has 0 amide bonds. The lowest BCUT2D eigenvalue weighted by Gasteiger charge is -2.31. The highest BCUT2D eigenvalue weighted by Gasteiger charge is 2.37. The molecule has 2 unspecified atom stereocenters. The first-order valence-corrected chi connectivity index (χ1v) is 8.09. The van der Waals surface area contributed by atoms with E-state index in [0.717, 1.165) is 16.8 Å². The van der Waals surface area contributed by atoms with E-state index in [4.69, 9.17) is 33.3 Å². The van der Waals surface area contributed by atoms with Gasteiger partial charge in [-0.1, -0.05) is 29.3 Å². The van der Waals surface area contributed by atoms with Crippen LogP contribution >= 0.6 is 23.2 Å². The minimum Gasteiger partial charge on any atom is -0.442 e. The molecule has 0 saturated carbocycles. The van der Waals surface area contributed by atoms with Crippen LogP contribution in [0.5, 0.6) is 5.75 Å². The van der Waals surface area contributed by atoms with Crippen LogP contribution < -0.4 is 9.64 Å². The second-order valence-electron chi connectivity index (χ2n) is 5.87. The van der Waals surface area contributed by atoms with Crippen LogP contribution in [0.3, 0.4) is 0 Å². The van der Waals surface area contributed by atoms with Crippen molar-refractivity contribution in [3.63, 3.8) is 0 Å². The van der Waals surface area contributed by atoms with Gasteiger partial charge in [0.25, 0.3) is 0 Å². The van der Waals surface area contributed by atoms with Crippen molar-refractivity contribution in [2.75, 3.05) is 19.0 Å². The molecule has 2 aromatic rings. The maximum atomic E-state index is 9.56. The molecular formula is C18H15Cl2N3O. The molecule has 1 aliphatic heterocycles. The molecule has 2 atom stereocenters. The van der Waals surface area contributed by atoms with Gasteiger partial charge < -0.3 is 9.64 Å². The van der Waals surface area contributed by atoms with Crippen LogP contribution in [0.2, 0.25) is 10.0 Å². The molecule has 3 rings (SSSR count). The predicted molar refractivity (Wildman–Crippen MR) is 96.5 cm³/mol. The number of anilines is 1. The Labute approximate surface area is 150 Å². The monoisotopic (exact) mass is 359 g/mol. The number of nitrogens with one attached hydrogen (secondary N) is 1. The maximum Gasteiger partial charge on any atom is 0.205 e. The Morgan fingerprint density at radius 3 is 2.38 bits per heavy atom. The highest BCUT2D eigenvalue weighted by Crippen LogP contribution is 2.44. The molecule has 1 N–H and O–H groups in total. The fourth-order valence-electron chi connectivity index (χ4n) is 2.92. The van der Waals surface area contributed by atoms with Crippen LogP contribution in [0.25, 0.3) is 0 Å². The van der Waals surface area contributed by atoms with Crippen molar-refractivity contribution in [1.29, 1.82) is 10.7 Å². The Hall–Kier alpha value is -2.22. The Morgan fingerprint density at radius 1 is 1.12 bits per heavy atom. The summed E-state index contributed by atoms with van der Waals surface area (Å²) in [6.07, 6.45) is 0. The van der Waals surface area contributed by atoms with Crippen LogP contribution in [0.4, 0.5) is 5.69 Å². The van der Waals surface area contributed by atoms with Crippen LogP contribution in [-0.4, -0.2) is 20.0 Å². The van der Waals surface area contributed by atoms with Crippen molar-refractivity contribution < 1.29 is 4.74 Å². The molecule has 0 radical (unpaired) electrons. The van der Waals surface area contributed by atoms with Crippen molar-refractivity contribution in [1.82, 2.24) is 0 Å². The Balaban J connectivity index is 2.19. The molecule has 0 aliphatic carbocycles. The van der Waals surface area contributed by atoms with Crippen molar-refractivity contribution in [2.24, 2.45) is 5.92 Å². The average Bonchev–Trinajstić information content (AvgIpc) is 2.51. The fraction of sp³-hybridized carbons (Fsp3) is 0.222. The maximum absolute atomic E-state index is 9.56.